The van der Waals surface area contributed by atoms with Crippen LogP contribution in [0.3, 0.4) is 0 Å². The molecule has 0 fully saturated rings. The third-order valence-electron chi connectivity index (χ3n) is 14.9. The van der Waals surface area contributed by atoms with Crippen molar-refractivity contribution in [1.29, 1.82) is 0 Å². The van der Waals surface area contributed by atoms with Gasteiger partial charge >= 0.3 is 17.9 Å². The van der Waals surface area contributed by atoms with Gasteiger partial charge in [-0.3, -0.25) is 14.4 Å². The number of unbranched alkanes of at least 4 members (excludes halogenated alkanes) is 32. The van der Waals surface area contributed by atoms with Crippen molar-refractivity contribution in [3.8, 4) is 0 Å². The van der Waals surface area contributed by atoms with E-state index in [4.69, 9.17) is 14.2 Å². The molecule has 0 aromatic rings. The number of hydrogen-bond acceptors (Lipinski definition) is 6. The summed E-state index contributed by atoms with van der Waals surface area (Å²) in [6, 6.07) is 0. The Balaban J connectivity index is 4.42. The average Bonchev–Trinajstić information content (AvgIpc) is 3.49. The van der Waals surface area contributed by atoms with E-state index in [2.05, 4.69) is 142 Å². The van der Waals surface area contributed by atoms with Crippen molar-refractivity contribution in [2.24, 2.45) is 0 Å². The highest BCUT2D eigenvalue weighted by Crippen LogP contribution is 2.16. The molecule has 1 unspecified atom stereocenters. The fourth-order valence-electron chi connectivity index (χ4n) is 9.68. The second-order valence-corrected chi connectivity index (χ2v) is 23.1. The summed E-state index contributed by atoms with van der Waals surface area (Å²) in [5.74, 6) is -0.916. The maximum absolute atomic E-state index is 13.0. The number of carbonyl (C=O) groups excluding carboxylic acids is 3. The average molecular weight is 1150 g/mol. The SMILES string of the molecule is CC/C=C\C/C=C\C/C=C\C/C=C\C/C=C\C/C=C\CCCCCCC(=O)OC(COC(=O)CCCCCCCCC/C=C\C/C=C\CCCCC)COC(=O)CCCCCCCCCCCCCCC/C=C\C/C=C\CCCCCCC. The van der Waals surface area contributed by atoms with Crippen molar-refractivity contribution in [2.45, 2.75) is 335 Å². The largest absolute Gasteiger partial charge is 0.462 e. The minimum Gasteiger partial charge on any atom is -0.462 e. The molecule has 0 saturated carbocycles. The summed E-state index contributed by atoms with van der Waals surface area (Å²) in [6.45, 7) is 6.49. The van der Waals surface area contributed by atoms with E-state index in [0.717, 1.165) is 128 Å². The van der Waals surface area contributed by atoms with Crippen LogP contribution in [0.5, 0.6) is 0 Å². The monoisotopic (exact) mass is 1150 g/mol. The first-order valence-electron chi connectivity index (χ1n) is 35.0. The first-order chi connectivity index (χ1) is 41.0. The van der Waals surface area contributed by atoms with Crippen LogP contribution in [0, 0.1) is 0 Å². The van der Waals surface area contributed by atoms with Gasteiger partial charge in [0.2, 0.25) is 0 Å². The fourth-order valence-corrected chi connectivity index (χ4v) is 9.68. The molecule has 6 heteroatoms. The van der Waals surface area contributed by atoms with Crippen molar-refractivity contribution < 1.29 is 28.6 Å². The molecular formula is C77H130O6. The lowest BCUT2D eigenvalue weighted by Crippen LogP contribution is -2.30. The van der Waals surface area contributed by atoms with E-state index >= 15 is 0 Å². The van der Waals surface area contributed by atoms with Crippen LogP contribution in [0.2, 0.25) is 0 Å². The van der Waals surface area contributed by atoms with Crippen molar-refractivity contribution in [3.63, 3.8) is 0 Å². The summed E-state index contributed by atoms with van der Waals surface area (Å²) in [6.07, 6.45) is 97.8. The molecular weight excluding hydrogens is 1020 g/mol. The van der Waals surface area contributed by atoms with Crippen LogP contribution >= 0.6 is 0 Å². The van der Waals surface area contributed by atoms with Crippen molar-refractivity contribution >= 4 is 17.9 Å². The van der Waals surface area contributed by atoms with Crippen LogP contribution in [0.4, 0.5) is 0 Å². The zero-order chi connectivity index (χ0) is 59.9. The van der Waals surface area contributed by atoms with Gasteiger partial charge in [0.1, 0.15) is 13.2 Å². The molecule has 0 heterocycles. The summed E-state index contributed by atoms with van der Waals surface area (Å²) in [5, 5.41) is 0. The van der Waals surface area contributed by atoms with Crippen molar-refractivity contribution in [3.05, 3.63) is 122 Å². The molecule has 0 N–H and O–H groups in total. The highest BCUT2D eigenvalue weighted by atomic mass is 16.6. The van der Waals surface area contributed by atoms with E-state index in [1.54, 1.807) is 0 Å². The van der Waals surface area contributed by atoms with Crippen molar-refractivity contribution in [2.75, 3.05) is 13.2 Å². The third kappa shape index (κ3) is 68.5. The van der Waals surface area contributed by atoms with Crippen LogP contribution in [-0.2, 0) is 28.6 Å². The normalized spacial score (nSPS) is 12.9. The molecule has 6 nitrogen and oxygen atoms in total. The predicted octanol–water partition coefficient (Wildman–Crippen LogP) is 24.3. The van der Waals surface area contributed by atoms with Crippen LogP contribution in [0.1, 0.15) is 329 Å². The van der Waals surface area contributed by atoms with E-state index in [1.165, 1.54) is 161 Å². The van der Waals surface area contributed by atoms with Gasteiger partial charge in [-0.1, -0.05) is 296 Å². The molecule has 83 heavy (non-hydrogen) atoms. The lowest BCUT2D eigenvalue weighted by atomic mass is 10.0. The number of esters is 3. The van der Waals surface area contributed by atoms with Crippen LogP contribution in [0.15, 0.2) is 122 Å². The molecule has 0 aliphatic heterocycles. The summed E-state index contributed by atoms with van der Waals surface area (Å²) in [5.41, 5.74) is 0. The number of allylic oxidation sites excluding steroid dienone is 20. The van der Waals surface area contributed by atoms with E-state index in [0.29, 0.717) is 19.3 Å². The van der Waals surface area contributed by atoms with E-state index < -0.39 is 6.10 Å². The summed E-state index contributed by atoms with van der Waals surface area (Å²) >= 11 is 0. The summed E-state index contributed by atoms with van der Waals surface area (Å²) in [7, 11) is 0. The number of ether oxygens (including phenoxy) is 3. The molecule has 0 saturated heterocycles. The Bertz CT molecular complexity index is 1700. The topological polar surface area (TPSA) is 78.9 Å². The first kappa shape index (κ1) is 78.8. The molecule has 0 rings (SSSR count). The van der Waals surface area contributed by atoms with E-state index in [9.17, 15) is 14.4 Å². The summed E-state index contributed by atoms with van der Waals surface area (Å²) < 4.78 is 17.0. The molecule has 0 aliphatic carbocycles. The number of hydrogen-bond donors (Lipinski definition) is 0. The Hall–Kier alpha value is -4.19. The molecule has 0 amide bonds. The van der Waals surface area contributed by atoms with Crippen LogP contribution in [-0.4, -0.2) is 37.2 Å². The van der Waals surface area contributed by atoms with Gasteiger partial charge in [0.25, 0.3) is 0 Å². The fraction of sp³-hybridized carbons (Fsp3) is 0.701. The smallest absolute Gasteiger partial charge is 0.306 e. The van der Waals surface area contributed by atoms with Gasteiger partial charge in [-0.25, -0.2) is 0 Å². The minimum absolute atomic E-state index is 0.0927. The molecule has 474 valence electrons. The predicted molar refractivity (Wildman–Crippen MR) is 362 cm³/mol. The molecule has 0 aromatic carbocycles. The van der Waals surface area contributed by atoms with Gasteiger partial charge in [-0.05, 0) is 135 Å². The Kier molecular flexibility index (Phi) is 66.7. The van der Waals surface area contributed by atoms with Crippen LogP contribution < -0.4 is 0 Å². The number of rotatable bonds is 63. The van der Waals surface area contributed by atoms with Gasteiger partial charge in [-0.15, -0.1) is 0 Å². The van der Waals surface area contributed by atoms with Gasteiger partial charge in [-0.2, -0.15) is 0 Å². The zero-order valence-corrected chi connectivity index (χ0v) is 54.4. The maximum atomic E-state index is 13.0. The second-order valence-electron chi connectivity index (χ2n) is 23.1. The Labute approximate surface area is 513 Å². The second kappa shape index (κ2) is 70.3. The standard InChI is InChI=1S/C77H130O6/c1-4-7-10-13-16-19-22-25-28-31-33-35-37-38-40-41-43-46-49-52-55-58-61-64-67-70-76(79)82-73-74(72-81-75(78)69-66-63-60-57-54-51-48-45-30-27-24-21-18-15-12-9-6-3)83-77(80)71-68-65-62-59-56-53-50-47-44-42-39-36-34-32-29-26-23-20-17-14-11-8-5-2/h8,11,17-18,20-22,25-27,29-31,33-34,36,42,44,50,53,74H,4-7,9-10,12-16,19,23-24,28,32,35,37-41,43,45-49,51-52,54-73H2,1-3H3/b11-8-,20-17-,21-18-,25-22-,29-26-,30-27-,33-31-,36-34-,44-42-,53-50-. The molecule has 0 aliphatic rings. The highest BCUT2D eigenvalue weighted by molar-refractivity contribution is 5.71. The Morgan fingerprint density at radius 1 is 0.253 bits per heavy atom. The Morgan fingerprint density at radius 2 is 0.470 bits per heavy atom. The summed E-state index contributed by atoms with van der Waals surface area (Å²) in [4.78, 5) is 38.5. The molecule has 0 bridgehead atoms. The highest BCUT2D eigenvalue weighted by Gasteiger charge is 2.19. The van der Waals surface area contributed by atoms with Crippen LogP contribution in [0.25, 0.3) is 0 Å². The lowest BCUT2D eigenvalue weighted by molar-refractivity contribution is -0.167. The minimum atomic E-state index is -0.801. The van der Waals surface area contributed by atoms with E-state index in [-0.39, 0.29) is 31.1 Å². The van der Waals surface area contributed by atoms with Gasteiger partial charge in [0, 0.05) is 19.3 Å². The lowest BCUT2D eigenvalue weighted by Gasteiger charge is -2.18. The molecule has 0 radical (unpaired) electrons. The van der Waals surface area contributed by atoms with Gasteiger partial charge in [0.05, 0.1) is 0 Å². The quantitative estimate of drug-likeness (QED) is 0.0261. The molecule has 0 aromatic heterocycles. The maximum Gasteiger partial charge on any atom is 0.306 e. The van der Waals surface area contributed by atoms with Gasteiger partial charge in [0.15, 0.2) is 6.10 Å². The van der Waals surface area contributed by atoms with Crippen molar-refractivity contribution in [1.82, 2.24) is 0 Å². The number of carbonyl (C=O) groups is 3. The Morgan fingerprint density at radius 3 is 0.759 bits per heavy atom. The molecule has 0 spiro atoms. The first-order valence-corrected chi connectivity index (χ1v) is 35.0. The van der Waals surface area contributed by atoms with Gasteiger partial charge < -0.3 is 14.2 Å². The van der Waals surface area contributed by atoms with E-state index in [1.807, 2.05) is 0 Å². The third-order valence-corrected chi connectivity index (χ3v) is 14.9. The zero-order valence-electron chi connectivity index (χ0n) is 54.4. The molecule has 1 atom stereocenters.